The minimum absolute atomic E-state index is 0.0375. The Morgan fingerprint density at radius 3 is 2.81 bits per heavy atom. The summed E-state index contributed by atoms with van der Waals surface area (Å²) < 4.78 is 6.57. The summed E-state index contributed by atoms with van der Waals surface area (Å²) in [4.78, 5) is 11.9. The monoisotopic (exact) mass is 356 g/mol. The standard InChI is InChI=1S/C16H25BrN2O2/c1-4-7-12(3)19-15(20)11-21-16-13(10-18-5-2)8-6-9-14(16)17/h6,8-9,12,18H,4-5,7,10-11H2,1-3H3,(H,19,20). The van der Waals surface area contributed by atoms with Gasteiger partial charge in [-0.15, -0.1) is 0 Å². The summed E-state index contributed by atoms with van der Waals surface area (Å²) in [6.07, 6.45) is 2.03. The third-order valence-electron chi connectivity index (χ3n) is 3.09. The Morgan fingerprint density at radius 1 is 1.38 bits per heavy atom. The summed E-state index contributed by atoms with van der Waals surface area (Å²) >= 11 is 3.48. The minimum atomic E-state index is -0.0823. The lowest BCUT2D eigenvalue weighted by Gasteiger charge is -2.16. The average molecular weight is 357 g/mol. The molecule has 0 aromatic heterocycles. The predicted molar refractivity (Wildman–Crippen MR) is 89.5 cm³/mol. The molecule has 1 amide bonds. The van der Waals surface area contributed by atoms with Gasteiger partial charge in [0.25, 0.3) is 5.91 Å². The van der Waals surface area contributed by atoms with Crippen molar-refractivity contribution in [1.29, 1.82) is 0 Å². The summed E-state index contributed by atoms with van der Waals surface area (Å²) in [6, 6.07) is 6.07. The zero-order chi connectivity index (χ0) is 15.7. The molecule has 1 aromatic carbocycles. The zero-order valence-corrected chi connectivity index (χ0v) is 14.6. The van der Waals surface area contributed by atoms with Crippen molar-refractivity contribution in [3.8, 4) is 5.75 Å². The highest BCUT2D eigenvalue weighted by atomic mass is 79.9. The Hall–Kier alpha value is -1.07. The summed E-state index contributed by atoms with van der Waals surface area (Å²) in [6.45, 7) is 7.82. The van der Waals surface area contributed by atoms with E-state index in [-0.39, 0.29) is 18.6 Å². The highest BCUT2D eigenvalue weighted by Crippen LogP contribution is 2.29. The van der Waals surface area contributed by atoms with Gasteiger partial charge in [0.15, 0.2) is 6.61 Å². The first-order valence-corrected chi connectivity index (χ1v) is 8.28. The molecule has 2 N–H and O–H groups in total. The normalized spacial score (nSPS) is 12.0. The maximum atomic E-state index is 11.9. The second kappa shape index (κ2) is 9.79. The van der Waals surface area contributed by atoms with Crippen molar-refractivity contribution in [1.82, 2.24) is 10.6 Å². The van der Waals surface area contributed by atoms with Crippen LogP contribution >= 0.6 is 15.9 Å². The number of para-hydroxylation sites is 1. The summed E-state index contributed by atoms with van der Waals surface area (Å²) in [7, 11) is 0. The van der Waals surface area contributed by atoms with Crippen molar-refractivity contribution >= 4 is 21.8 Å². The third kappa shape index (κ3) is 6.48. The van der Waals surface area contributed by atoms with Crippen molar-refractivity contribution in [2.24, 2.45) is 0 Å². The molecule has 1 aromatic rings. The second-order valence-electron chi connectivity index (χ2n) is 5.05. The van der Waals surface area contributed by atoms with Gasteiger partial charge in [-0.05, 0) is 41.9 Å². The molecule has 0 aliphatic carbocycles. The Morgan fingerprint density at radius 2 is 2.14 bits per heavy atom. The van der Waals surface area contributed by atoms with Crippen LogP contribution < -0.4 is 15.4 Å². The maximum Gasteiger partial charge on any atom is 0.258 e. The van der Waals surface area contributed by atoms with Gasteiger partial charge < -0.3 is 15.4 Å². The number of carbonyl (C=O) groups excluding carboxylic acids is 1. The third-order valence-corrected chi connectivity index (χ3v) is 3.72. The SMILES string of the molecule is CCCC(C)NC(=O)COc1c(Br)cccc1CNCC. The van der Waals surface area contributed by atoms with E-state index >= 15 is 0 Å². The average Bonchev–Trinajstić information content (AvgIpc) is 2.44. The Bertz CT molecular complexity index is 452. The quantitative estimate of drug-likeness (QED) is 0.713. The smallest absolute Gasteiger partial charge is 0.258 e. The highest BCUT2D eigenvalue weighted by molar-refractivity contribution is 9.10. The zero-order valence-electron chi connectivity index (χ0n) is 13.0. The first-order chi connectivity index (χ1) is 10.1. The van der Waals surface area contributed by atoms with Crippen LogP contribution in [0.15, 0.2) is 22.7 Å². The van der Waals surface area contributed by atoms with E-state index in [1.54, 1.807) is 0 Å². The molecule has 0 saturated carbocycles. The van der Waals surface area contributed by atoms with Crippen LogP contribution in [0.1, 0.15) is 39.2 Å². The van der Waals surface area contributed by atoms with Gasteiger partial charge in [0.05, 0.1) is 4.47 Å². The summed E-state index contributed by atoms with van der Waals surface area (Å²) in [5.74, 6) is 0.651. The lowest BCUT2D eigenvalue weighted by atomic mass is 10.2. The van der Waals surface area contributed by atoms with Crippen LogP contribution in [-0.4, -0.2) is 25.1 Å². The first kappa shape index (κ1) is 18.0. The number of hydrogen-bond donors (Lipinski definition) is 2. The van der Waals surface area contributed by atoms with Crippen molar-refractivity contribution in [2.45, 2.75) is 46.2 Å². The molecule has 0 bridgehead atoms. The number of rotatable bonds is 9. The fourth-order valence-corrected chi connectivity index (χ4v) is 2.60. The highest BCUT2D eigenvalue weighted by Gasteiger charge is 2.11. The Labute approximate surface area is 135 Å². The van der Waals surface area contributed by atoms with E-state index in [0.29, 0.717) is 0 Å². The summed E-state index contributed by atoms with van der Waals surface area (Å²) in [5.41, 5.74) is 1.04. The van der Waals surface area contributed by atoms with E-state index in [4.69, 9.17) is 4.74 Å². The lowest BCUT2D eigenvalue weighted by molar-refractivity contribution is -0.123. The molecule has 0 spiro atoms. The first-order valence-electron chi connectivity index (χ1n) is 7.48. The maximum absolute atomic E-state index is 11.9. The Balaban J connectivity index is 2.59. The largest absolute Gasteiger partial charge is 0.482 e. The van der Waals surface area contributed by atoms with Crippen molar-refractivity contribution in [3.63, 3.8) is 0 Å². The van der Waals surface area contributed by atoms with Gasteiger partial charge in [-0.3, -0.25) is 4.79 Å². The van der Waals surface area contributed by atoms with Gasteiger partial charge in [-0.2, -0.15) is 0 Å². The van der Waals surface area contributed by atoms with Crippen LogP contribution in [0.3, 0.4) is 0 Å². The van der Waals surface area contributed by atoms with Crippen molar-refractivity contribution < 1.29 is 9.53 Å². The number of ether oxygens (including phenoxy) is 1. The van der Waals surface area contributed by atoms with Gasteiger partial charge in [-0.25, -0.2) is 0 Å². The molecule has 1 atom stereocenters. The molecule has 0 aliphatic heterocycles. The molecule has 5 heteroatoms. The molecule has 1 rings (SSSR count). The molecule has 1 unspecified atom stereocenters. The summed E-state index contributed by atoms with van der Waals surface area (Å²) in [5, 5.41) is 6.21. The number of carbonyl (C=O) groups is 1. The van der Waals surface area contributed by atoms with Crippen LogP contribution in [0.5, 0.6) is 5.75 Å². The van der Waals surface area contributed by atoms with E-state index in [2.05, 4.69) is 40.4 Å². The van der Waals surface area contributed by atoms with Gasteiger partial charge in [0.1, 0.15) is 5.75 Å². The predicted octanol–water partition coefficient (Wildman–Crippen LogP) is 3.24. The molecule has 118 valence electrons. The van der Waals surface area contributed by atoms with Crippen LogP contribution in [-0.2, 0) is 11.3 Å². The van der Waals surface area contributed by atoms with E-state index in [9.17, 15) is 4.79 Å². The van der Waals surface area contributed by atoms with E-state index in [1.807, 2.05) is 25.1 Å². The fourth-order valence-electron chi connectivity index (χ4n) is 2.07. The molecule has 0 heterocycles. The molecule has 0 fully saturated rings. The van der Waals surface area contributed by atoms with Crippen LogP contribution in [0.2, 0.25) is 0 Å². The molecular formula is C16H25BrN2O2. The molecule has 0 radical (unpaired) electrons. The molecule has 21 heavy (non-hydrogen) atoms. The van der Waals surface area contributed by atoms with E-state index < -0.39 is 0 Å². The van der Waals surface area contributed by atoms with E-state index in [0.717, 1.165) is 41.7 Å². The Kier molecular flexibility index (Phi) is 8.38. The number of halogens is 1. The van der Waals surface area contributed by atoms with Crippen LogP contribution in [0.25, 0.3) is 0 Å². The second-order valence-corrected chi connectivity index (χ2v) is 5.91. The molecule has 0 aliphatic rings. The van der Waals surface area contributed by atoms with Crippen molar-refractivity contribution in [3.05, 3.63) is 28.2 Å². The topological polar surface area (TPSA) is 50.4 Å². The van der Waals surface area contributed by atoms with Gasteiger partial charge in [-0.1, -0.05) is 32.4 Å². The van der Waals surface area contributed by atoms with Crippen LogP contribution in [0, 0.1) is 0 Å². The number of benzene rings is 1. The van der Waals surface area contributed by atoms with Gasteiger partial charge in [0.2, 0.25) is 0 Å². The molecule has 0 saturated heterocycles. The number of nitrogens with one attached hydrogen (secondary N) is 2. The minimum Gasteiger partial charge on any atom is -0.482 e. The van der Waals surface area contributed by atoms with E-state index in [1.165, 1.54) is 0 Å². The molecular weight excluding hydrogens is 332 g/mol. The fraction of sp³-hybridized carbons (Fsp3) is 0.562. The molecule has 4 nitrogen and oxygen atoms in total. The lowest BCUT2D eigenvalue weighted by Crippen LogP contribution is -2.36. The number of amides is 1. The van der Waals surface area contributed by atoms with Gasteiger partial charge >= 0.3 is 0 Å². The van der Waals surface area contributed by atoms with Crippen LogP contribution in [0.4, 0.5) is 0 Å². The number of hydrogen-bond acceptors (Lipinski definition) is 3. The van der Waals surface area contributed by atoms with Gasteiger partial charge in [0, 0.05) is 18.2 Å². The van der Waals surface area contributed by atoms with Crippen molar-refractivity contribution in [2.75, 3.05) is 13.2 Å².